The second-order valence-electron chi connectivity index (χ2n) is 3.21. The number of pyridine rings is 2. The number of hydrogen-bond donors (Lipinski definition) is 0. The molecule has 15 heavy (non-hydrogen) atoms. The van der Waals surface area contributed by atoms with Gasteiger partial charge in [0.25, 0.3) is 0 Å². The Morgan fingerprint density at radius 1 is 0.800 bits per heavy atom. The van der Waals surface area contributed by atoms with Crippen LogP contribution in [0.4, 0.5) is 0 Å². The first-order valence-corrected chi connectivity index (χ1v) is 4.53. The third kappa shape index (κ3) is 1.59. The molecule has 0 unspecified atom stereocenters. The Morgan fingerprint density at radius 3 is 2.53 bits per heavy atom. The fourth-order valence-electron chi connectivity index (χ4n) is 1.70. The van der Waals surface area contributed by atoms with E-state index in [1.807, 2.05) is 24.4 Å². The average molecular weight is 239 g/mol. The van der Waals surface area contributed by atoms with Crippen molar-refractivity contribution >= 4 is 21.8 Å². The van der Waals surface area contributed by atoms with Crippen LogP contribution >= 0.6 is 0 Å². The largest absolute Gasteiger partial charge is 0.256 e. The van der Waals surface area contributed by atoms with Crippen LogP contribution < -0.4 is 0 Å². The molecule has 0 amide bonds. The summed E-state index contributed by atoms with van der Waals surface area (Å²) in [5, 5.41) is 2.28. The average Bonchev–Trinajstić information content (AvgIpc) is 2.29. The number of fused-ring (bicyclic) bond motifs is 3. The standard InChI is InChI=1S/C12H8N2.Ni/c1-3-9-5-6-11-10(4-2-7-13-11)12(9)14-8-1;/h1-8H;. The van der Waals surface area contributed by atoms with Gasteiger partial charge in [0.15, 0.2) is 0 Å². The fraction of sp³-hybridized carbons (Fsp3) is 0. The minimum atomic E-state index is 0. The Balaban J connectivity index is 0.000000853. The smallest absolute Gasteiger partial charge is 0.0795 e. The van der Waals surface area contributed by atoms with Gasteiger partial charge in [0.05, 0.1) is 11.0 Å². The van der Waals surface area contributed by atoms with Crippen molar-refractivity contribution in [3.8, 4) is 0 Å². The van der Waals surface area contributed by atoms with Crippen LogP contribution in [0.2, 0.25) is 0 Å². The molecule has 3 rings (SSSR count). The maximum Gasteiger partial charge on any atom is 0.0795 e. The predicted octanol–water partition coefficient (Wildman–Crippen LogP) is 2.78. The van der Waals surface area contributed by atoms with Gasteiger partial charge in [0, 0.05) is 39.7 Å². The summed E-state index contributed by atoms with van der Waals surface area (Å²) in [6, 6.07) is 12.1. The minimum absolute atomic E-state index is 0. The van der Waals surface area contributed by atoms with E-state index in [2.05, 4.69) is 28.2 Å². The molecule has 0 bridgehead atoms. The summed E-state index contributed by atoms with van der Waals surface area (Å²) in [5.74, 6) is 0. The molecule has 1 aromatic carbocycles. The molecule has 0 radical (unpaired) electrons. The third-order valence-corrected chi connectivity index (χ3v) is 2.35. The molecule has 0 aliphatic carbocycles. The first-order valence-electron chi connectivity index (χ1n) is 4.53. The van der Waals surface area contributed by atoms with Gasteiger partial charge in [-0.2, -0.15) is 0 Å². The summed E-state index contributed by atoms with van der Waals surface area (Å²) >= 11 is 0. The zero-order valence-electron chi connectivity index (χ0n) is 7.83. The first kappa shape index (κ1) is 10.1. The molecule has 3 heteroatoms. The van der Waals surface area contributed by atoms with E-state index >= 15 is 0 Å². The van der Waals surface area contributed by atoms with E-state index in [1.54, 1.807) is 6.20 Å². The second kappa shape index (κ2) is 3.95. The van der Waals surface area contributed by atoms with Crippen LogP contribution in [0.3, 0.4) is 0 Å². The van der Waals surface area contributed by atoms with Gasteiger partial charge >= 0.3 is 0 Å². The van der Waals surface area contributed by atoms with Crippen LogP contribution in [-0.2, 0) is 16.5 Å². The number of nitrogens with zero attached hydrogens (tertiary/aromatic N) is 2. The molecule has 0 N–H and O–H groups in total. The SMILES string of the molecule is [Ni].c1cnc2c(c1)ccc1ncccc12. The van der Waals surface area contributed by atoms with Gasteiger partial charge in [-0.3, -0.25) is 9.97 Å². The minimum Gasteiger partial charge on any atom is -0.256 e. The quantitative estimate of drug-likeness (QED) is 0.445. The molecule has 3 aromatic rings. The van der Waals surface area contributed by atoms with E-state index in [4.69, 9.17) is 0 Å². The molecule has 0 spiro atoms. The third-order valence-electron chi connectivity index (χ3n) is 2.35. The molecule has 0 saturated heterocycles. The van der Waals surface area contributed by atoms with E-state index < -0.39 is 0 Å². The van der Waals surface area contributed by atoms with Gasteiger partial charge in [-0.25, -0.2) is 0 Å². The van der Waals surface area contributed by atoms with Crippen molar-refractivity contribution in [2.75, 3.05) is 0 Å². The molecule has 2 nitrogen and oxygen atoms in total. The van der Waals surface area contributed by atoms with Crippen molar-refractivity contribution in [2.45, 2.75) is 0 Å². The summed E-state index contributed by atoms with van der Waals surface area (Å²) in [7, 11) is 0. The molecule has 0 aliphatic rings. The number of hydrogen-bond acceptors (Lipinski definition) is 2. The van der Waals surface area contributed by atoms with Crippen molar-refractivity contribution in [1.82, 2.24) is 9.97 Å². The Bertz CT molecular complexity index is 553. The maximum absolute atomic E-state index is 4.37. The fourth-order valence-corrected chi connectivity index (χ4v) is 1.70. The van der Waals surface area contributed by atoms with Crippen LogP contribution in [0.5, 0.6) is 0 Å². The zero-order valence-corrected chi connectivity index (χ0v) is 8.82. The van der Waals surface area contributed by atoms with Crippen molar-refractivity contribution in [3.63, 3.8) is 0 Å². The predicted molar refractivity (Wildman–Crippen MR) is 57.0 cm³/mol. The Morgan fingerprint density at radius 2 is 1.60 bits per heavy atom. The Labute approximate surface area is 97.3 Å². The number of aromatic nitrogens is 2. The molecule has 2 aromatic heterocycles. The van der Waals surface area contributed by atoms with Crippen LogP contribution in [0.15, 0.2) is 48.8 Å². The molecule has 0 atom stereocenters. The maximum atomic E-state index is 4.37. The van der Waals surface area contributed by atoms with Crippen molar-refractivity contribution in [1.29, 1.82) is 0 Å². The Hall–Kier alpha value is -1.47. The molecule has 76 valence electrons. The topological polar surface area (TPSA) is 25.8 Å². The van der Waals surface area contributed by atoms with Crippen molar-refractivity contribution in [3.05, 3.63) is 48.8 Å². The van der Waals surface area contributed by atoms with Gasteiger partial charge in [-0.05, 0) is 24.3 Å². The molecule has 0 fully saturated rings. The summed E-state index contributed by atoms with van der Waals surface area (Å²) in [6.45, 7) is 0. The summed E-state index contributed by atoms with van der Waals surface area (Å²) in [5.41, 5.74) is 2.02. The normalized spacial score (nSPS) is 10.1. The zero-order chi connectivity index (χ0) is 9.38. The van der Waals surface area contributed by atoms with Gasteiger partial charge in [-0.15, -0.1) is 0 Å². The van der Waals surface area contributed by atoms with Crippen LogP contribution in [0, 0.1) is 0 Å². The van der Waals surface area contributed by atoms with Gasteiger partial charge in [-0.1, -0.05) is 12.1 Å². The van der Waals surface area contributed by atoms with E-state index in [0.717, 1.165) is 21.8 Å². The first-order chi connectivity index (χ1) is 6.95. The van der Waals surface area contributed by atoms with Crippen LogP contribution in [0.25, 0.3) is 21.8 Å². The van der Waals surface area contributed by atoms with Gasteiger partial charge in [0.2, 0.25) is 0 Å². The number of benzene rings is 1. The summed E-state index contributed by atoms with van der Waals surface area (Å²) in [6.07, 6.45) is 3.62. The van der Waals surface area contributed by atoms with E-state index in [-0.39, 0.29) is 16.5 Å². The molecular formula is C12H8N2Ni. The summed E-state index contributed by atoms with van der Waals surface area (Å²) < 4.78 is 0. The van der Waals surface area contributed by atoms with E-state index in [1.165, 1.54) is 0 Å². The molecule has 0 saturated carbocycles. The second-order valence-corrected chi connectivity index (χ2v) is 3.21. The Kier molecular flexibility index (Phi) is 2.65. The van der Waals surface area contributed by atoms with Crippen LogP contribution in [0.1, 0.15) is 0 Å². The monoisotopic (exact) mass is 238 g/mol. The molecular weight excluding hydrogens is 231 g/mol. The molecule has 0 aliphatic heterocycles. The van der Waals surface area contributed by atoms with Crippen LogP contribution in [-0.4, -0.2) is 9.97 Å². The molecule has 2 heterocycles. The van der Waals surface area contributed by atoms with Crippen molar-refractivity contribution < 1.29 is 16.5 Å². The summed E-state index contributed by atoms with van der Waals surface area (Å²) in [4.78, 5) is 8.66. The number of rotatable bonds is 0. The van der Waals surface area contributed by atoms with Crippen molar-refractivity contribution in [2.24, 2.45) is 0 Å². The van der Waals surface area contributed by atoms with Gasteiger partial charge < -0.3 is 0 Å². The van der Waals surface area contributed by atoms with E-state index in [0.29, 0.717) is 0 Å². The van der Waals surface area contributed by atoms with E-state index in [9.17, 15) is 0 Å². The van der Waals surface area contributed by atoms with Gasteiger partial charge in [0.1, 0.15) is 0 Å².